The topological polar surface area (TPSA) is 73.6 Å². The normalized spacial score (nSPS) is 21.4. The van der Waals surface area contributed by atoms with Gasteiger partial charge in [0.15, 0.2) is 5.82 Å². The number of nitrogens with zero attached hydrogens (tertiary/aromatic N) is 4. The van der Waals surface area contributed by atoms with Crippen molar-refractivity contribution in [1.82, 2.24) is 19.6 Å². The average Bonchev–Trinajstić information content (AvgIpc) is 3.34. The van der Waals surface area contributed by atoms with Crippen LogP contribution < -0.4 is 5.32 Å². The lowest BCUT2D eigenvalue weighted by atomic mass is 9.96. The second kappa shape index (κ2) is 8.30. The molecule has 1 aromatic carbocycles. The Morgan fingerprint density at radius 3 is 2.55 bits per heavy atom. The first kappa shape index (κ1) is 21.9. The molecule has 2 aromatic rings. The van der Waals surface area contributed by atoms with E-state index in [1.807, 2.05) is 30.0 Å². The second-order valence-electron chi connectivity index (χ2n) is 9.36. The summed E-state index contributed by atoms with van der Waals surface area (Å²) in [7, 11) is 0. The molecule has 2 aliphatic rings. The van der Waals surface area contributed by atoms with Gasteiger partial charge >= 0.3 is 6.03 Å². The summed E-state index contributed by atoms with van der Waals surface area (Å²) in [5.74, 6) is 1.54. The van der Waals surface area contributed by atoms with Crippen LogP contribution in [0.1, 0.15) is 31.9 Å². The highest BCUT2D eigenvalue weighted by atomic mass is 35.5. The molecule has 7 nitrogen and oxygen atoms in total. The van der Waals surface area contributed by atoms with E-state index < -0.39 is 5.60 Å². The van der Waals surface area contributed by atoms with Gasteiger partial charge in [-0.3, -0.25) is 4.90 Å². The number of rotatable bonds is 5. The maximum Gasteiger partial charge on any atom is 0.344 e. The molecule has 0 spiro atoms. The highest BCUT2D eigenvalue weighted by molar-refractivity contribution is 6.30. The fourth-order valence-electron chi connectivity index (χ4n) is 4.59. The molecule has 2 unspecified atom stereocenters. The maximum absolute atomic E-state index is 12.8. The lowest BCUT2D eigenvalue weighted by Crippen LogP contribution is -2.36. The number of carbonyl (C=O) groups excluding carboxylic acids is 1. The van der Waals surface area contributed by atoms with E-state index in [1.54, 1.807) is 26.1 Å². The minimum atomic E-state index is -0.922. The molecule has 166 valence electrons. The molecule has 2 N–H and O–H groups in total. The van der Waals surface area contributed by atoms with Gasteiger partial charge in [0.2, 0.25) is 0 Å². The molecule has 0 aliphatic carbocycles. The molecule has 3 heterocycles. The molecule has 31 heavy (non-hydrogen) atoms. The van der Waals surface area contributed by atoms with Gasteiger partial charge in [0.05, 0.1) is 5.60 Å². The number of amides is 1. The summed E-state index contributed by atoms with van der Waals surface area (Å²) in [5, 5.41) is 18.3. The Kier molecular flexibility index (Phi) is 5.85. The monoisotopic (exact) mass is 443 g/mol. The highest BCUT2D eigenvalue weighted by Gasteiger charge is 2.42. The lowest BCUT2D eigenvalue weighted by Gasteiger charge is -2.23. The Morgan fingerprint density at radius 1 is 1.26 bits per heavy atom. The number of benzene rings is 1. The van der Waals surface area contributed by atoms with Crippen LogP contribution >= 0.6 is 11.6 Å². The van der Waals surface area contributed by atoms with Crippen molar-refractivity contribution in [3.8, 4) is 0 Å². The molecular formula is C23H30ClN5O2. The number of fused-ring (bicyclic) bond motifs is 1. The quantitative estimate of drug-likeness (QED) is 0.736. The summed E-state index contributed by atoms with van der Waals surface area (Å²) in [6, 6.07) is 7.51. The first-order valence-corrected chi connectivity index (χ1v) is 11.0. The molecular weight excluding hydrogens is 414 g/mol. The van der Waals surface area contributed by atoms with Crippen LogP contribution in [0.4, 0.5) is 10.6 Å². The summed E-state index contributed by atoms with van der Waals surface area (Å²) < 4.78 is 1.40. The third-order valence-corrected chi connectivity index (χ3v) is 6.25. The summed E-state index contributed by atoms with van der Waals surface area (Å²) in [4.78, 5) is 17.2. The number of hydrogen-bond donors (Lipinski definition) is 2. The molecule has 2 fully saturated rings. The molecule has 0 bridgehead atoms. The molecule has 0 radical (unpaired) electrons. The number of anilines is 1. The van der Waals surface area contributed by atoms with Gasteiger partial charge < -0.3 is 15.3 Å². The molecule has 4 rings (SSSR count). The third kappa shape index (κ3) is 4.95. The van der Waals surface area contributed by atoms with E-state index in [0.717, 1.165) is 49.5 Å². The summed E-state index contributed by atoms with van der Waals surface area (Å²) >= 11 is 6.29. The zero-order valence-corrected chi connectivity index (χ0v) is 19.1. The third-order valence-electron chi connectivity index (χ3n) is 6.03. The van der Waals surface area contributed by atoms with Crippen LogP contribution in [0.5, 0.6) is 0 Å². The molecule has 8 heteroatoms. The molecule has 2 saturated heterocycles. The number of likely N-dealkylation sites (tertiary alicyclic amines) is 2. The summed E-state index contributed by atoms with van der Waals surface area (Å²) in [5.41, 5.74) is 1.79. The molecule has 2 aliphatic heterocycles. The van der Waals surface area contributed by atoms with Crippen molar-refractivity contribution in [3.05, 3.63) is 58.9 Å². The van der Waals surface area contributed by atoms with Crippen LogP contribution in [0.3, 0.4) is 0 Å². The number of allylic oxidation sites excluding steroid dienone is 1. The van der Waals surface area contributed by atoms with Gasteiger partial charge in [-0.25, -0.2) is 4.79 Å². The van der Waals surface area contributed by atoms with Crippen molar-refractivity contribution in [3.63, 3.8) is 0 Å². The first-order valence-electron chi connectivity index (χ1n) is 10.6. The van der Waals surface area contributed by atoms with Crippen LogP contribution in [-0.2, 0) is 12.1 Å². The summed E-state index contributed by atoms with van der Waals surface area (Å²) in [6.07, 6.45) is 1.69. The van der Waals surface area contributed by atoms with Crippen LogP contribution in [0, 0.1) is 11.8 Å². The summed E-state index contributed by atoms with van der Waals surface area (Å²) in [6.45, 7) is 13.4. The van der Waals surface area contributed by atoms with Crippen molar-refractivity contribution in [1.29, 1.82) is 0 Å². The van der Waals surface area contributed by atoms with Crippen LogP contribution in [0.15, 0.2) is 42.7 Å². The smallest absolute Gasteiger partial charge is 0.344 e. The minimum Gasteiger partial charge on any atom is -0.386 e. The van der Waals surface area contributed by atoms with Gasteiger partial charge in [0, 0.05) is 55.7 Å². The average molecular weight is 444 g/mol. The molecule has 1 aromatic heterocycles. The van der Waals surface area contributed by atoms with Crippen molar-refractivity contribution in [2.45, 2.75) is 32.9 Å². The Labute approximate surface area is 188 Å². The number of hydrogen-bond acceptors (Lipinski definition) is 5. The predicted octanol–water partition coefficient (Wildman–Crippen LogP) is 3.74. The standard InChI is InChI=1S/C23H30ClN5O2/c1-15(2)25-21-5-6-29(26-21)22(30)28-13-17-11-27(12-18(17)14-28)10-16-7-19(23(3,4)31)9-20(24)8-16/h5-9,17-18,31H,1,10-14H2,2-4H3,(H,25,26). The van der Waals surface area contributed by atoms with Gasteiger partial charge in [-0.05, 0) is 55.9 Å². The Balaban J connectivity index is 1.35. The van der Waals surface area contributed by atoms with Gasteiger partial charge in [-0.15, -0.1) is 5.10 Å². The SMILES string of the molecule is C=C(C)Nc1ccn(C(=O)N2CC3CN(Cc4cc(Cl)cc(C(C)(C)O)c4)CC3C2)n1. The van der Waals surface area contributed by atoms with E-state index in [-0.39, 0.29) is 6.03 Å². The second-order valence-corrected chi connectivity index (χ2v) is 9.80. The number of aliphatic hydroxyl groups is 1. The van der Waals surface area contributed by atoms with Crippen LogP contribution in [0.2, 0.25) is 5.02 Å². The first-order chi connectivity index (χ1) is 14.6. The van der Waals surface area contributed by atoms with E-state index in [4.69, 9.17) is 11.6 Å². The maximum atomic E-state index is 12.8. The van der Waals surface area contributed by atoms with E-state index in [9.17, 15) is 9.90 Å². The van der Waals surface area contributed by atoms with E-state index in [0.29, 0.717) is 22.7 Å². The van der Waals surface area contributed by atoms with Crippen molar-refractivity contribution in [2.75, 3.05) is 31.5 Å². The van der Waals surface area contributed by atoms with E-state index in [1.165, 1.54) is 4.68 Å². The molecule has 0 saturated carbocycles. The number of aromatic nitrogens is 2. The number of carbonyl (C=O) groups is 1. The highest BCUT2D eigenvalue weighted by Crippen LogP contribution is 2.33. The predicted molar refractivity (Wildman–Crippen MR) is 122 cm³/mol. The zero-order chi connectivity index (χ0) is 22.3. The van der Waals surface area contributed by atoms with Gasteiger partial charge in [-0.2, -0.15) is 4.68 Å². The minimum absolute atomic E-state index is 0.0830. The van der Waals surface area contributed by atoms with Gasteiger partial charge in [0.1, 0.15) is 0 Å². The van der Waals surface area contributed by atoms with Crippen LogP contribution in [-0.4, -0.2) is 56.9 Å². The van der Waals surface area contributed by atoms with Gasteiger partial charge in [-0.1, -0.05) is 24.2 Å². The fraction of sp³-hybridized carbons (Fsp3) is 0.478. The molecule has 2 atom stereocenters. The fourth-order valence-corrected chi connectivity index (χ4v) is 4.85. The van der Waals surface area contributed by atoms with Crippen LogP contribution in [0.25, 0.3) is 0 Å². The lowest BCUT2D eigenvalue weighted by molar-refractivity contribution is 0.0784. The van der Waals surface area contributed by atoms with Crippen molar-refractivity contribution >= 4 is 23.4 Å². The van der Waals surface area contributed by atoms with Crippen molar-refractivity contribution in [2.24, 2.45) is 11.8 Å². The number of nitrogens with one attached hydrogen (secondary N) is 1. The number of halogens is 1. The van der Waals surface area contributed by atoms with E-state index in [2.05, 4.69) is 21.9 Å². The zero-order valence-electron chi connectivity index (χ0n) is 18.3. The van der Waals surface area contributed by atoms with E-state index >= 15 is 0 Å². The molecule has 1 amide bonds. The Morgan fingerprint density at radius 2 is 1.94 bits per heavy atom. The Bertz CT molecular complexity index is 982. The Hall–Kier alpha value is -2.35. The largest absolute Gasteiger partial charge is 0.386 e. The van der Waals surface area contributed by atoms with Gasteiger partial charge in [0.25, 0.3) is 0 Å². The van der Waals surface area contributed by atoms with Crippen molar-refractivity contribution < 1.29 is 9.90 Å².